The van der Waals surface area contributed by atoms with Crippen molar-refractivity contribution in [3.05, 3.63) is 59.2 Å². The van der Waals surface area contributed by atoms with Crippen molar-refractivity contribution in [1.82, 2.24) is 0 Å². The minimum absolute atomic E-state index is 0. The van der Waals surface area contributed by atoms with Crippen LogP contribution in [0.25, 0.3) is 11.1 Å². The van der Waals surface area contributed by atoms with Crippen LogP contribution < -0.4 is 11.5 Å². The number of benzene rings is 2. The third kappa shape index (κ3) is 2.56. The Kier molecular flexibility index (Phi) is 3.76. The molecule has 0 saturated heterocycles. The summed E-state index contributed by atoms with van der Waals surface area (Å²) in [6.45, 7) is 0.548. The number of hydrogen-bond acceptors (Lipinski definition) is 1. The van der Waals surface area contributed by atoms with Gasteiger partial charge in [-0.15, -0.1) is 12.4 Å². The van der Waals surface area contributed by atoms with E-state index >= 15 is 0 Å². The Labute approximate surface area is 118 Å². The molecule has 1 aliphatic rings. The predicted octanol–water partition coefficient (Wildman–Crippen LogP) is 2.45. The van der Waals surface area contributed by atoms with Crippen molar-refractivity contribution in [1.29, 1.82) is 0 Å². The van der Waals surface area contributed by atoms with E-state index in [4.69, 9.17) is 11.5 Å². The third-order valence-corrected chi connectivity index (χ3v) is 3.30. The molecular weight excluding hydrogens is 258 g/mol. The van der Waals surface area contributed by atoms with E-state index in [1.165, 1.54) is 22.3 Å². The molecule has 0 radical (unpaired) electrons. The van der Waals surface area contributed by atoms with E-state index in [0.717, 1.165) is 12.0 Å². The quantitative estimate of drug-likeness (QED) is 0.556. The molecule has 0 bridgehead atoms. The number of fused-ring (bicyclic) bond motifs is 3. The summed E-state index contributed by atoms with van der Waals surface area (Å²) in [6.07, 6.45) is 1.00. The number of halogens is 1. The number of nitrogens with zero attached hydrogens (tertiary/aromatic N) is 1. The van der Waals surface area contributed by atoms with Gasteiger partial charge in [-0.1, -0.05) is 42.5 Å². The zero-order chi connectivity index (χ0) is 12.5. The second-order valence-corrected chi connectivity index (χ2v) is 4.57. The SMILES string of the molecule is Cl.NC(N)=NCc1ccc2c(c1)Cc1ccccc1-2. The summed E-state index contributed by atoms with van der Waals surface area (Å²) in [5.41, 5.74) is 17.3. The highest BCUT2D eigenvalue weighted by atomic mass is 35.5. The van der Waals surface area contributed by atoms with Crippen molar-refractivity contribution in [2.45, 2.75) is 13.0 Å². The van der Waals surface area contributed by atoms with Gasteiger partial charge >= 0.3 is 0 Å². The van der Waals surface area contributed by atoms with E-state index in [9.17, 15) is 0 Å². The smallest absolute Gasteiger partial charge is 0.186 e. The molecule has 2 aromatic rings. The van der Waals surface area contributed by atoms with E-state index < -0.39 is 0 Å². The summed E-state index contributed by atoms with van der Waals surface area (Å²) in [5.74, 6) is 0.138. The first-order valence-electron chi connectivity index (χ1n) is 5.99. The number of guanidine groups is 1. The topological polar surface area (TPSA) is 64.4 Å². The maximum atomic E-state index is 5.35. The molecule has 4 heteroatoms. The fourth-order valence-corrected chi connectivity index (χ4v) is 2.48. The van der Waals surface area contributed by atoms with Crippen LogP contribution in [-0.4, -0.2) is 5.96 Å². The van der Waals surface area contributed by atoms with Crippen molar-refractivity contribution in [2.75, 3.05) is 0 Å². The van der Waals surface area contributed by atoms with Crippen molar-refractivity contribution in [3.63, 3.8) is 0 Å². The molecule has 2 aromatic carbocycles. The normalized spacial score (nSPS) is 11.2. The lowest BCUT2D eigenvalue weighted by Gasteiger charge is -2.03. The van der Waals surface area contributed by atoms with Gasteiger partial charge in [-0.3, -0.25) is 0 Å². The van der Waals surface area contributed by atoms with E-state index in [1.807, 2.05) is 0 Å². The van der Waals surface area contributed by atoms with Crippen LogP contribution in [-0.2, 0) is 13.0 Å². The number of hydrogen-bond donors (Lipinski definition) is 2. The van der Waals surface area contributed by atoms with Crippen LogP contribution in [0, 0.1) is 0 Å². The van der Waals surface area contributed by atoms with Gasteiger partial charge in [-0.05, 0) is 34.2 Å². The second kappa shape index (κ2) is 5.33. The molecule has 0 aliphatic heterocycles. The molecule has 3 rings (SSSR count). The molecule has 0 heterocycles. The molecule has 4 N–H and O–H groups in total. The summed E-state index contributed by atoms with van der Waals surface area (Å²) in [5, 5.41) is 0. The Bertz CT molecular complexity index is 631. The Balaban J connectivity index is 0.00000133. The van der Waals surface area contributed by atoms with Crippen LogP contribution in [0.15, 0.2) is 47.5 Å². The molecular formula is C15H16ClN3. The lowest BCUT2D eigenvalue weighted by Crippen LogP contribution is -2.22. The van der Waals surface area contributed by atoms with Gasteiger partial charge in [0, 0.05) is 0 Å². The average molecular weight is 274 g/mol. The zero-order valence-corrected chi connectivity index (χ0v) is 11.3. The average Bonchev–Trinajstić information content (AvgIpc) is 2.73. The van der Waals surface area contributed by atoms with E-state index in [2.05, 4.69) is 47.5 Å². The fraction of sp³-hybridized carbons (Fsp3) is 0.133. The fourth-order valence-electron chi connectivity index (χ4n) is 2.48. The molecule has 0 atom stereocenters. The predicted molar refractivity (Wildman–Crippen MR) is 81.4 cm³/mol. The van der Waals surface area contributed by atoms with E-state index in [0.29, 0.717) is 6.54 Å². The van der Waals surface area contributed by atoms with Gasteiger partial charge in [0.25, 0.3) is 0 Å². The molecule has 0 amide bonds. The molecule has 0 spiro atoms. The largest absolute Gasteiger partial charge is 0.370 e. The van der Waals surface area contributed by atoms with Crippen molar-refractivity contribution in [2.24, 2.45) is 16.5 Å². The molecule has 3 nitrogen and oxygen atoms in total. The first kappa shape index (κ1) is 13.4. The van der Waals surface area contributed by atoms with Crippen molar-refractivity contribution in [3.8, 4) is 11.1 Å². The van der Waals surface area contributed by atoms with Gasteiger partial charge in [-0.25, -0.2) is 4.99 Å². The summed E-state index contributed by atoms with van der Waals surface area (Å²) in [4.78, 5) is 4.04. The second-order valence-electron chi connectivity index (χ2n) is 4.57. The van der Waals surface area contributed by atoms with Crippen LogP contribution in [0.3, 0.4) is 0 Å². The number of nitrogens with two attached hydrogens (primary N) is 2. The van der Waals surface area contributed by atoms with Crippen molar-refractivity contribution >= 4 is 18.4 Å². The van der Waals surface area contributed by atoms with Crippen LogP contribution in [0.4, 0.5) is 0 Å². The lowest BCUT2D eigenvalue weighted by molar-refractivity contribution is 1.05. The summed E-state index contributed by atoms with van der Waals surface area (Å²) >= 11 is 0. The zero-order valence-electron chi connectivity index (χ0n) is 10.5. The van der Waals surface area contributed by atoms with Crippen molar-refractivity contribution < 1.29 is 0 Å². The van der Waals surface area contributed by atoms with Crippen LogP contribution in [0.5, 0.6) is 0 Å². The van der Waals surface area contributed by atoms with E-state index in [1.54, 1.807) is 0 Å². The first-order chi connectivity index (χ1) is 8.74. The molecule has 0 unspecified atom stereocenters. The number of aliphatic imine (C=N–C) groups is 1. The van der Waals surface area contributed by atoms with Gasteiger partial charge in [-0.2, -0.15) is 0 Å². The molecule has 1 aliphatic carbocycles. The summed E-state index contributed by atoms with van der Waals surface area (Å²) < 4.78 is 0. The van der Waals surface area contributed by atoms with Gasteiger partial charge in [0.15, 0.2) is 5.96 Å². The minimum atomic E-state index is 0. The first-order valence-corrected chi connectivity index (χ1v) is 5.99. The maximum Gasteiger partial charge on any atom is 0.186 e. The summed E-state index contributed by atoms with van der Waals surface area (Å²) in [7, 11) is 0. The molecule has 0 fully saturated rings. The Hall–Kier alpha value is -2.00. The monoisotopic (exact) mass is 273 g/mol. The Morgan fingerprint density at radius 3 is 2.53 bits per heavy atom. The van der Waals surface area contributed by atoms with Gasteiger partial charge in [0.1, 0.15) is 0 Å². The molecule has 19 heavy (non-hydrogen) atoms. The number of rotatable bonds is 2. The highest BCUT2D eigenvalue weighted by Gasteiger charge is 2.17. The highest BCUT2D eigenvalue weighted by Crippen LogP contribution is 2.36. The highest BCUT2D eigenvalue weighted by molar-refractivity contribution is 5.85. The van der Waals surface area contributed by atoms with E-state index in [-0.39, 0.29) is 18.4 Å². The maximum absolute atomic E-state index is 5.35. The minimum Gasteiger partial charge on any atom is -0.370 e. The molecule has 0 saturated carbocycles. The third-order valence-electron chi connectivity index (χ3n) is 3.30. The molecule has 98 valence electrons. The van der Waals surface area contributed by atoms with Gasteiger partial charge in [0.2, 0.25) is 0 Å². The Morgan fingerprint density at radius 2 is 1.74 bits per heavy atom. The van der Waals surface area contributed by atoms with Crippen LogP contribution in [0.2, 0.25) is 0 Å². The van der Waals surface area contributed by atoms with Crippen LogP contribution >= 0.6 is 12.4 Å². The molecule has 0 aromatic heterocycles. The van der Waals surface area contributed by atoms with Gasteiger partial charge < -0.3 is 11.5 Å². The lowest BCUT2D eigenvalue weighted by atomic mass is 10.0. The summed E-state index contributed by atoms with van der Waals surface area (Å²) in [6, 6.07) is 15.0. The Morgan fingerprint density at radius 1 is 1.00 bits per heavy atom. The standard InChI is InChI=1S/C15H15N3.ClH/c16-15(17)18-9-10-5-6-14-12(7-10)8-11-3-1-2-4-13(11)14;/h1-7H,8-9H2,(H4,16,17,18);1H. The van der Waals surface area contributed by atoms with Crippen LogP contribution in [0.1, 0.15) is 16.7 Å². The van der Waals surface area contributed by atoms with Gasteiger partial charge in [0.05, 0.1) is 6.54 Å².